The fraction of sp³-hybridized carbons (Fsp3) is 0.286. The molecule has 0 saturated carbocycles. The lowest BCUT2D eigenvalue weighted by molar-refractivity contribution is -0.116. The van der Waals surface area contributed by atoms with Gasteiger partial charge in [0.25, 0.3) is 0 Å². The molecule has 0 radical (unpaired) electrons. The lowest BCUT2D eigenvalue weighted by Crippen LogP contribution is -2.20. The number of rotatable bonds is 8. The standard InChI is InChI=1S/C21H23NO5/c1-3-24-17-9-6-16(12-19(17)25-4-2)13-22-21(23)10-7-15-5-8-18-20(11-15)27-14-26-18/h5-12H,3-4,13-14H2,1-2H3,(H,22,23)/b10-7+. The SMILES string of the molecule is CCOc1ccc(CNC(=O)/C=C/c2ccc3c(c2)OCO3)cc1OCC. The molecule has 0 atom stereocenters. The molecule has 1 N–H and O–H groups in total. The molecular weight excluding hydrogens is 346 g/mol. The summed E-state index contributed by atoms with van der Waals surface area (Å²) in [6.07, 6.45) is 3.23. The Hall–Kier alpha value is -3.15. The Balaban J connectivity index is 1.57. The summed E-state index contributed by atoms with van der Waals surface area (Å²) in [7, 11) is 0. The largest absolute Gasteiger partial charge is 0.490 e. The van der Waals surface area contributed by atoms with Crippen LogP contribution < -0.4 is 24.3 Å². The number of carbonyl (C=O) groups is 1. The van der Waals surface area contributed by atoms with E-state index in [9.17, 15) is 4.79 Å². The number of nitrogens with one attached hydrogen (secondary N) is 1. The first-order valence-electron chi connectivity index (χ1n) is 8.93. The molecule has 0 unspecified atom stereocenters. The molecule has 1 heterocycles. The number of ether oxygens (including phenoxy) is 4. The van der Waals surface area contributed by atoms with Crippen molar-refractivity contribution in [2.24, 2.45) is 0 Å². The first kappa shape index (κ1) is 18.6. The molecule has 2 aromatic carbocycles. The van der Waals surface area contributed by atoms with Gasteiger partial charge in [0.1, 0.15) is 0 Å². The minimum atomic E-state index is -0.181. The maximum atomic E-state index is 12.1. The molecule has 1 amide bonds. The molecule has 0 fully saturated rings. The molecule has 6 nitrogen and oxygen atoms in total. The Morgan fingerprint density at radius 1 is 1.04 bits per heavy atom. The van der Waals surface area contributed by atoms with E-state index in [1.807, 2.05) is 50.2 Å². The number of amides is 1. The van der Waals surface area contributed by atoms with Gasteiger partial charge < -0.3 is 24.3 Å². The van der Waals surface area contributed by atoms with Crippen LogP contribution in [0.1, 0.15) is 25.0 Å². The van der Waals surface area contributed by atoms with Gasteiger partial charge in [-0.05, 0) is 55.3 Å². The van der Waals surface area contributed by atoms with Crippen LogP contribution in [0.5, 0.6) is 23.0 Å². The van der Waals surface area contributed by atoms with Gasteiger partial charge in [0, 0.05) is 12.6 Å². The van der Waals surface area contributed by atoms with E-state index >= 15 is 0 Å². The van der Waals surface area contributed by atoms with Gasteiger partial charge in [-0.25, -0.2) is 0 Å². The minimum Gasteiger partial charge on any atom is -0.490 e. The molecule has 0 spiro atoms. The van der Waals surface area contributed by atoms with Crippen molar-refractivity contribution in [2.75, 3.05) is 20.0 Å². The van der Waals surface area contributed by atoms with Gasteiger partial charge in [-0.2, -0.15) is 0 Å². The van der Waals surface area contributed by atoms with Crippen molar-refractivity contribution in [1.82, 2.24) is 5.32 Å². The van der Waals surface area contributed by atoms with Crippen molar-refractivity contribution in [1.29, 1.82) is 0 Å². The maximum absolute atomic E-state index is 12.1. The molecule has 1 aliphatic rings. The Morgan fingerprint density at radius 3 is 2.63 bits per heavy atom. The van der Waals surface area contributed by atoms with Crippen LogP contribution in [0, 0.1) is 0 Å². The Bertz CT molecular complexity index is 831. The molecule has 0 aliphatic carbocycles. The van der Waals surface area contributed by atoms with Crippen molar-refractivity contribution >= 4 is 12.0 Å². The minimum absolute atomic E-state index is 0.181. The number of fused-ring (bicyclic) bond motifs is 1. The highest BCUT2D eigenvalue weighted by atomic mass is 16.7. The lowest BCUT2D eigenvalue weighted by Gasteiger charge is -2.12. The maximum Gasteiger partial charge on any atom is 0.244 e. The van der Waals surface area contributed by atoms with Gasteiger partial charge in [-0.15, -0.1) is 0 Å². The first-order valence-corrected chi connectivity index (χ1v) is 8.93. The Labute approximate surface area is 158 Å². The van der Waals surface area contributed by atoms with Gasteiger partial charge in [-0.3, -0.25) is 4.79 Å². The number of carbonyl (C=O) groups excluding carboxylic acids is 1. The van der Waals surface area contributed by atoms with E-state index in [1.165, 1.54) is 6.08 Å². The molecule has 2 aromatic rings. The molecule has 0 bridgehead atoms. The second-order valence-electron chi connectivity index (χ2n) is 5.81. The van der Waals surface area contributed by atoms with Gasteiger partial charge in [0.15, 0.2) is 23.0 Å². The summed E-state index contributed by atoms with van der Waals surface area (Å²) in [5, 5.41) is 2.86. The topological polar surface area (TPSA) is 66.0 Å². The van der Waals surface area contributed by atoms with E-state index in [2.05, 4.69) is 5.32 Å². The Kier molecular flexibility index (Phi) is 6.20. The fourth-order valence-corrected chi connectivity index (χ4v) is 2.64. The summed E-state index contributed by atoms with van der Waals surface area (Å²) < 4.78 is 21.8. The van der Waals surface area contributed by atoms with Crippen molar-refractivity contribution in [3.8, 4) is 23.0 Å². The summed E-state index contributed by atoms with van der Waals surface area (Å²) in [6, 6.07) is 11.2. The third kappa shape index (κ3) is 4.94. The molecule has 6 heteroatoms. The fourth-order valence-electron chi connectivity index (χ4n) is 2.64. The van der Waals surface area contributed by atoms with Crippen LogP contribution >= 0.6 is 0 Å². The third-order valence-electron chi connectivity index (χ3n) is 3.90. The summed E-state index contributed by atoms with van der Waals surface area (Å²) >= 11 is 0. The van der Waals surface area contributed by atoms with E-state index < -0.39 is 0 Å². The van der Waals surface area contributed by atoms with Crippen LogP contribution in [0.15, 0.2) is 42.5 Å². The molecular formula is C21H23NO5. The summed E-state index contributed by atoms with van der Waals surface area (Å²) in [6.45, 7) is 5.60. The summed E-state index contributed by atoms with van der Waals surface area (Å²) in [5.41, 5.74) is 1.81. The van der Waals surface area contributed by atoms with Gasteiger partial charge in [-0.1, -0.05) is 12.1 Å². The van der Waals surface area contributed by atoms with Gasteiger partial charge in [0.2, 0.25) is 12.7 Å². The third-order valence-corrected chi connectivity index (χ3v) is 3.90. The van der Waals surface area contributed by atoms with Crippen LogP contribution in [0.25, 0.3) is 6.08 Å². The molecule has 27 heavy (non-hydrogen) atoms. The smallest absolute Gasteiger partial charge is 0.244 e. The average molecular weight is 369 g/mol. The van der Waals surface area contributed by atoms with E-state index in [1.54, 1.807) is 6.08 Å². The van der Waals surface area contributed by atoms with E-state index in [0.29, 0.717) is 37.0 Å². The second kappa shape index (κ2) is 8.98. The molecule has 142 valence electrons. The zero-order chi connectivity index (χ0) is 19.1. The van der Waals surface area contributed by atoms with Crippen molar-refractivity contribution < 1.29 is 23.7 Å². The first-order chi connectivity index (χ1) is 13.2. The molecule has 3 rings (SSSR count). The predicted molar refractivity (Wildman–Crippen MR) is 102 cm³/mol. The molecule has 0 saturated heterocycles. The van der Waals surface area contributed by atoms with Crippen LogP contribution in [0.3, 0.4) is 0 Å². The summed E-state index contributed by atoms with van der Waals surface area (Å²) in [5.74, 6) is 2.62. The van der Waals surface area contributed by atoms with E-state index in [-0.39, 0.29) is 12.7 Å². The summed E-state index contributed by atoms with van der Waals surface area (Å²) in [4.78, 5) is 12.1. The molecule has 1 aliphatic heterocycles. The average Bonchev–Trinajstić information content (AvgIpc) is 3.14. The highest BCUT2D eigenvalue weighted by Gasteiger charge is 2.12. The van der Waals surface area contributed by atoms with Crippen LogP contribution in [-0.2, 0) is 11.3 Å². The van der Waals surface area contributed by atoms with Crippen molar-refractivity contribution in [3.05, 3.63) is 53.6 Å². The highest BCUT2D eigenvalue weighted by Crippen LogP contribution is 2.32. The number of hydrogen-bond acceptors (Lipinski definition) is 5. The van der Waals surface area contributed by atoms with Crippen LogP contribution in [0.2, 0.25) is 0 Å². The predicted octanol–water partition coefficient (Wildman–Crippen LogP) is 3.54. The highest BCUT2D eigenvalue weighted by molar-refractivity contribution is 5.91. The van der Waals surface area contributed by atoms with Crippen molar-refractivity contribution in [3.63, 3.8) is 0 Å². The Morgan fingerprint density at radius 2 is 1.81 bits per heavy atom. The number of benzene rings is 2. The van der Waals surface area contributed by atoms with Crippen LogP contribution in [-0.4, -0.2) is 25.9 Å². The molecule has 0 aromatic heterocycles. The zero-order valence-electron chi connectivity index (χ0n) is 15.5. The van der Waals surface area contributed by atoms with Crippen LogP contribution in [0.4, 0.5) is 0 Å². The second-order valence-corrected chi connectivity index (χ2v) is 5.81. The lowest BCUT2D eigenvalue weighted by atomic mass is 10.2. The van der Waals surface area contributed by atoms with Gasteiger partial charge >= 0.3 is 0 Å². The number of hydrogen-bond donors (Lipinski definition) is 1. The zero-order valence-corrected chi connectivity index (χ0v) is 15.5. The van der Waals surface area contributed by atoms with E-state index in [0.717, 1.165) is 16.9 Å². The monoisotopic (exact) mass is 369 g/mol. The van der Waals surface area contributed by atoms with E-state index in [4.69, 9.17) is 18.9 Å². The normalized spacial score (nSPS) is 12.2. The quantitative estimate of drug-likeness (QED) is 0.721. The van der Waals surface area contributed by atoms with Gasteiger partial charge in [0.05, 0.1) is 13.2 Å². The van der Waals surface area contributed by atoms with Crippen molar-refractivity contribution in [2.45, 2.75) is 20.4 Å².